The predicted molar refractivity (Wildman–Crippen MR) is 88.3 cm³/mol. The van der Waals surface area contributed by atoms with Crippen LogP contribution in [-0.4, -0.2) is 7.11 Å². The van der Waals surface area contributed by atoms with Crippen LogP contribution in [0.5, 0.6) is 5.75 Å². The number of hydrogen-bond acceptors (Lipinski definition) is 2. The van der Waals surface area contributed by atoms with Crippen molar-refractivity contribution in [1.82, 2.24) is 0 Å². The highest BCUT2D eigenvalue weighted by Crippen LogP contribution is 2.32. The maximum Gasteiger partial charge on any atom is 0.128 e. The molecule has 0 radical (unpaired) electrons. The number of benzene rings is 3. The summed E-state index contributed by atoms with van der Waals surface area (Å²) in [5.74, 6) is 0.794. The molecule has 0 aliphatic carbocycles. The van der Waals surface area contributed by atoms with Crippen molar-refractivity contribution in [3.8, 4) is 28.0 Å². The molecule has 2 N–H and O–H groups in total. The Labute approximate surface area is 124 Å². The quantitative estimate of drug-likeness (QED) is 0.708. The van der Waals surface area contributed by atoms with Crippen LogP contribution in [0.15, 0.2) is 72.8 Å². The lowest BCUT2D eigenvalue weighted by atomic mass is 9.99. The molecule has 0 atom stereocenters. The number of methoxy groups -OCH3 is 1. The summed E-state index contributed by atoms with van der Waals surface area (Å²) < 4.78 is 5.42. The summed E-state index contributed by atoms with van der Waals surface area (Å²) in [4.78, 5) is 0. The fraction of sp³-hybridized carbons (Fsp3) is 0.0526. The molecule has 0 fully saturated rings. The largest absolute Gasteiger partial charge is 0.496 e. The number of nitrogens with two attached hydrogens (primary N) is 1. The zero-order valence-electron chi connectivity index (χ0n) is 11.9. The van der Waals surface area contributed by atoms with Crippen LogP contribution in [0, 0.1) is 0 Å². The molecule has 0 saturated heterocycles. The summed E-state index contributed by atoms with van der Waals surface area (Å²) in [5, 5.41) is 0. The summed E-state index contributed by atoms with van der Waals surface area (Å²) in [5.41, 5.74) is 11.1. The molecule has 3 aromatic carbocycles. The summed E-state index contributed by atoms with van der Waals surface area (Å²) >= 11 is 0. The molecule has 0 saturated carbocycles. The molecule has 0 amide bonds. The van der Waals surface area contributed by atoms with E-state index < -0.39 is 0 Å². The molecular formula is C19H17NO. The Bertz CT molecular complexity index is 733. The van der Waals surface area contributed by atoms with Crippen molar-refractivity contribution in [1.29, 1.82) is 0 Å². The van der Waals surface area contributed by atoms with Crippen LogP contribution in [0.25, 0.3) is 22.3 Å². The van der Waals surface area contributed by atoms with Crippen molar-refractivity contribution in [3.63, 3.8) is 0 Å². The first kappa shape index (κ1) is 13.3. The lowest BCUT2D eigenvalue weighted by Crippen LogP contribution is -1.91. The number of anilines is 1. The zero-order valence-corrected chi connectivity index (χ0v) is 11.9. The van der Waals surface area contributed by atoms with Crippen molar-refractivity contribution < 1.29 is 4.74 Å². The highest BCUT2D eigenvalue weighted by atomic mass is 16.5. The predicted octanol–water partition coefficient (Wildman–Crippen LogP) is 4.61. The lowest BCUT2D eigenvalue weighted by molar-refractivity contribution is 0.416. The van der Waals surface area contributed by atoms with Gasteiger partial charge in [0.25, 0.3) is 0 Å². The molecular weight excluding hydrogens is 258 g/mol. The molecule has 3 aromatic rings. The van der Waals surface area contributed by atoms with Crippen LogP contribution in [0.4, 0.5) is 5.69 Å². The van der Waals surface area contributed by atoms with E-state index >= 15 is 0 Å². The third-order valence-electron chi connectivity index (χ3n) is 3.53. The van der Waals surface area contributed by atoms with Crippen molar-refractivity contribution in [2.75, 3.05) is 12.8 Å². The first-order valence-electron chi connectivity index (χ1n) is 6.87. The Morgan fingerprint density at radius 2 is 1.33 bits per heavy atom. The van der Waals surface area contributed by atoms with Crippen LogP contribution < -0.4 is 10.5 Å². The first-order valence-corrected chi connectivity index (χ1v) is 6.87. The standard InChI is InChI=1S/C19H17NO/c1-21-19-13-17(20)11-12-18(19)16-9-7-15(8-10-16)14-5-3-2-4-6-14/h2-13H,20H2,1H3. The second kappa shape index (κ2) is 5.71. The molecule has 0 heterocycles. The van der Waals surface area contributed by atoms with Crippen molar-refractivity contribution in [2.24, 2.45) is 0 Å². The van der Waals surface area contributed by atoms with Gasteiger partial charge in [-0.05, 0) is 28.8 Å². The maximum atomic E-state index is 5.80. The van der Waals surface area contributed by atoms with Gasteiger partial charge in [0.2, 0.25) is 0 Å². The van der Waals surface area contributed by atoms with Crippen molar-refractivity contribution >= 4 is 5.69 Å². The van der Waals surface area contributed by atoms with E-state index in [0.29, 0.717) is 5.69 Å². The minimum Gasteiger partial charge on any atom is -0.496 e. The van der Waals surface area contributed by atoms with E-state index in [9.17, 15) is 0 Å². The van der Waals surface area contributed by atoms with E-state index in [4.69, 9.17) is 10.5 Å². The molecule has 0 aliphatic heterocycles. The molecule has 104 valence electrons. The van der Waals surface area contributed by atoms with Gasteiger partial charge in [-0.1, -0.05) is 54.6 Å². The van der Waals surface area contributed by atoms with Crippen LogP contribution in [0.1, 0.15) is 0 Å². The Morgan fingerprint density at radius 1 is 0.714 bits per heavy atom. The van der Waals surface area contributed by atoms with E-state index in [1.165, 1.54) is 11.1 Å². The summed E-state index contributed by atoms with van der Waals surface area (Å²) in [6, 6.07) is 24.5. The van der Waals surface area contributed by atoms with Crippen molar-refractivity contribution in [2.45, 2.75) is 0 Å². The molecule has 0 spiro atoms. The van der Waals surface area contributed by atoms with Gasteiger partial charge < -0.3 is 10.5 Å². The average Bonchev–Trinajstić information content (AvgIpc) is 2.56. The van der Waals surface area contributed by atoms with E-state index in [1.54, 1.807) is 7.11 Å². The maximum absolute atomic E-state index is 5.80. The smallest absolute Gasteiger partial charge is 0.128 e. The van der Waals surface area contributed by atoms with E-state index in [1.807, 2.05) is 36.4 Å². The number of rotatable bonds is 3. The van der Waals surface area contributed by atoms with Gasteiger partial charge in [0.1, 0.15) is 5.75 Å². The van der Waals surface area contributed by atoms with Gasteiger partial charge in [-0.3, -0.25) is 0 Å². The molecule has 0 aromatic heterocycles. The summed E-state index contributed by atoms with van der Waals surface area (Å²) in [7, 11) is 1.66. The molecule has 2 heteroatoms. The molecule has 2 nitrogen and oxygen atoms in total. The molecule has 0 aliphatic rings. The minimum absolute atomic E-state index is 0.705. The van der Waals surface area contributed by atoms with Crippen LogP contribution in [-0.2, 0) is 0 Å². The average molecular weight is 275 g/mol. The van der Waals surface area contributed by atoms with Gasteiger partial charge in [-0.25, -0.2) is 0 Å². The second-order valence-corrected chi connectivity index (χ2v) is 4.90. The molecule has 3 rings (SSSR count). The number of nitrogen functional groups attached to an aromatic ring is 1. The van der Waals surface area contributed by atoms with Crippen LogP contribution >= 0.6 is 0 Å². The van der Waals surface area contributed by atoms with Gasteiger partial charge in [0, 0.05) is 17.3 Å². The SMILES string of the molecule is COc1cc(N)ccc1-c1ccc(-c2ccccc2)cc1. The van der Waals surface area contributed by atoms with E-state index in [-0.39, 0.29) is 0 Å². The van der Waals surface area contributed by atoms with Crippen LogP contribution in [0.2, 0.25) is 0 Å². The Morgan fingerprint density at radius 3 is 2.00 bits per heavy atom. The topological polar surface area (TPSA) is 35.2 Å². The third kappa shape index (κ3) is 2.75. The highest BCUT2D eigenvalue weighted by Gasteiger charge is 2.06. The van der Waals surface area contributed by atoms with E-state index in [0.717, 1.165) is 16.9 Å². The molecule has 21 heavy (non-hydrogen) atoms. The zero-order chi connectivity index (χ0) is 14.7. The van der Waals surface area contributed by atoms with Gasteiger partial charge in [0.15, 0.2) is 0 Å². The van der Waals surface area contributed by atoms with Crippen molar-refractivity contribution in [3.05, 3.63) is 72.8 Å². The minimum atomic E-state index is 0.705. The first-order chi connectivity index (χ1) is 10.3. The highest BCUT2D eigenvalue weighted by molar-refractivity contribution is 5.75. The summed E-state index contributed by atoms with van der Waals surface area (Å²) in [6.45, 7) is 0. The van der Waals surface area contributed by atoms with Gasteiger partial charge in [0.05, 0.1) is 7.11 Å². The fourth-order valence-electron chi connectivity index (χ4n) is 2.42. The monoisotopic (exact) mass is 275 g/mol. The number of ether oxygens (including phenoxy) is 1. The van der Waals surface area contributed by atoms with E-state index in [2.05, 4.69) is 36.4 Å². The normalized spacial score (nSPS) is 10.3. The van der Waals surface area contributed by atoms with Crippen LogP contribution in [0.3, 0.4) is 0 Å². The van der Waals surface area contributed by atoms with Gasteiger partial charge in [-0.15, -0.1) is 0 Å². The third-order valence-corrected chi connectivity index (χ3v) is 3.53. The fourth-order valence-corrected chi connectivity index (χ4v) is 2.42. The Kier molecular flexibility index (Phi) is 3.61. The molecule has 0 bridgehead atoms. The lowest BCUT2D eigenvalue weighted by Gasteiger charge is -2.10. The Hall–Kier alpha value is -2.74. The second-order valence-electron chi connectivity index (χ2n) is 4.90. The number of hydrogen-bond donors (Lipinski definition) is 1. The molecule has 0 unspecified atom stereocenters. The van der Waals surface area contributed by atoms with Gasteiger partial charge in [-0.2, -0.15) is 0 Å². The van der Waals surface area contributed by atoms with Gasteiger partial charge >= 0.3 is 0 Å². The summed E-state index contributed by atoms with van der Waals surface area (Å²) in [6.07, 6.45) is 0. The Balaban J connectivity index is 1.98.